The maximum absolute atomic E-state index is 3.86. The van der Waals surface area contributed by atoms with Crippen molar-refractivity contribution in [3.63, 3.8) is 0 Å². The Balaban J connectivity index is 1.78. The summed E-state index contributed by atoms with van der Waals surface area (Å²) in [4.78, 5) is 0. The fourth-order valence-corrected chi connectivity index (χ4v) is 3.91. The van der Waals surface area contributed by atoms with Crippen molar-refractivity contribution < 1.29 is 0 Å². The highest BCUT2D eigenvalue weighted by molar-refractivity contribution is 5.36. The van der Waals surface area contributed by atoms with Crippen LogP contribution in [0, 0.1) is 0 Å². The normalized spacial score (nSPS) is 27.0. The fourth-order valence-electron chi connectivity index (χ4n) is 3.91. The molecule has 1 aliphatic carbocycles. The molecule has 1 N–H and O–H groups in total. The van der Waals surface area contributed by atoms with Gasteiger partial charge in [0.25, 0.3) is 0 Å². The van der Waals surface area contributed by atoms with Gasteiger partial charge in [-0.1, -0.05) is 38.0 Å². The molecule has 0 amide bonds. The summed E-state index contributed by atoms with van der Waals surface area (Å²) in [7, 11) is 0. The number of benzene rings is 1. The van der Waals surface area contributed by atoms with Crippen molar-refractivity contribution in [2.75, 3.05) is 6.54 Å². The molecule has 3 rings (SSSR count). The van der Waals surface area contributed by atoms with Gasteiger partial charge in [0.2, 0.25) is 0 Å². The third kappa shape index (κ3) is 2.86. The molecule has 2 aliphatic rings. The van der Waals surface area contributed by atoms with E-state index in [1.807, 2.05) is 0 Å². The average Bonchev–Trinajstić information content (AvgIpc) is 2.77. The van der Waals surface area contributed by atoms with Gasteiger partial charge in [-0.15, -0.1) is 0 Å². The lowest BCUT2D eigenvalue weighted by atomic mass is 9.83. The van der Waals surface area contributed by atoms with E-state index < -0.39 is 0 Å². The van der Waals surface area contributed by atoms with Gasteiger partial charge in [0, 0.05) is 5.54 Å². The van der Waals surface area contributed by atoms with Crippen LogP contribution in [-0.2, 0) is 19.3 Å². The second kappa shape index (κ2) is 5.66. The van der Waals surface area contributed by atoms with Crippen molar-refractivity contribution in [2.24, 2.45) is 0 Å². The van der Waals surface area contributed by atoms with Crippen LogP contribution in [-0.4, -0.2) is 12.1 Å². The number of fused-ring (bicyclic) bond motifs is 1. The summed E-state index contributed by atoms with van der Waals surface area (Å²) in [5.41, 5.74) is 5.14. The SMILES string of the molecule is CCC1(Cc2ccc3c(c2)CCC3)CCCCCN1. The van der Waals surface area contributed by atoms with Crippen LogP contribution in [0.2, 0.25) is 0 Å². The zero-order valence-corrected chi connectivity index (χ0v) is 12.3. The summed E-state index contributed by atoms with van der Waals surface area (Å²) in [5.74, 6) is 0. The van der Waals surface area contributed by atoms with Gasteiger partial charge < -0.3 is 5.32 Å². The molecule has 1 heteroatoms. The predicted octanol–water partition coefficient (Wildman–Crippen LogP) is 4.03. The maximum atomic E-state index is 3.86. The van der Waals surface area contributed by atoms with Crippen LogP contribution in [0.5, 0.6) is 0 Å². The number of hydrogen-bond donors (Lipinski definition) is 1. The smallest absolute Gasteiger partial charge is 0.0219 e. The molecule has 1 aromatic rings. The lowest BCUT2D eigenvalue weighted by Gasteiger charge is -2.33. The predicted molar refractivity (Wildman–Crippen MR) is 81.7 cm³/mol. The summed E-state index contributed by atoms with van der Waals surface area (Å²) in [5, 5.41) is 3.86. The van der Waals surface area contributed by atoms with Crippen molar-refractivity contribution in [3.05, 3.63) is 34.9 Å². The fraction of sp³-hybridized carbons (Fsp3) is 0.667. The summed E-state index contributed by atoms with van der Waals surface area (Å²) in [6.07, 6.45) is 11.9. The van der Waals surface area contributed by atoms with Gasteiger partial charge in [-0.2, -0.15) is 0 Å². The molecule has 0 spiro atoms. The first-order valence-electron chi connectivity index (χ1n) is 8.17. The van der Waals surface area contributed by atoms with Gasteiger partial charge in [-0.05, 0) is 68.2 Å². The largest absolute Gasteiger partial charge is 0.311 e. The van der Waals surface area contributed by atoms with Crippen LogP contribution in [0.3, 0.4) is 0 Å². The van der Waals surface area contributed by atoms with E-state index in [0.717, 1.165) is 0 Å². The number of rotatable bonds is 3. The summed E-state index contributed by atoms with van der Waals surface area (Å²) in [6, 6.07) is 7.26. The molecule has 0 radical (unpaired) electrons. The molecule has 0 aromatic heterocycles. The van der Waals surface area contributed by atoms with Crippen molar-refractivity contribution in [1.29, 1.82) is 0 Å². The quantitative estimate of drug-likeness (QED) is 0.862. The Bertz CT molecular complexity index is 427. The number of nitrogens with one attached hydrogen (secondary N) is 1. The highest BCUT2D eigenvalue weighted by Crippen LogP contribution is 2.29. The molecule has 1 unspecified atom stereocenters. The van der Waals surface area contributed by atoms with E-state index in [9.17, 15) is 0 Å². The van der Waals surface area contributed by atoms with E-state index in [-0.39, 0.29) is 0 Å². The maximum Gasteiger partial charge on any atom is 0.0219 e. The average molecular weight is 257 g/mol. The second-order valence-electron chi connectivity index (χ2n) is 6.50. The first-order chi connectivity index (χ1) is 9.31. The van der Waals surface area contributed by atoms with Crippen molar-refractivity contribution >= 4 is 0 Å². The molecule has 1 saturated heterocycles. The van der Waals surface area contributed by atoms with Gasteiger partial charge in [0.1, 0.15) is 0 Å². The molecule has 1 nitrogen and oxygen atoms in total. The Hall–Kier alpha value is -0.820. The molecular formula is C18H27N. The summed E-state index contributed by atoms with van der Waals surface area (Å²) >= 11 is 0. The lowest BCUT2D eigenvalue weighted by molar-refractivity contribution is 0.302. The van der Waals surface area contributed by atoms with Crippen molar-refractivity contribution in [1.82, 2.24) is 5.32 Å². The van der Waals surface area contributed by atoms with Gasteiger partial charge >= 0.3 is 0 Å². The number of aryl methyl sites for hydroxylation is 2. The summed E-state index contributed by atoms with van der Waals surface area (Å²) < 4.78 is 0. The third-order valence-corrected chi connectivity index (χ3v) is 5.21. The molecule has 0 saturated carbocycles. The molecule has 19 heavy (non-hydrogen) atoms. The first kappa shape index (κ1) is 13.2. The molecule has 1 atom stereocenters. The van der Waals surface area contributed by atoms with E-state index in [1.165, 1.54) is 64.3 Å². The molecule has 1 fully saturated rings. The monoisotopic (exact) mass is 257 g/mol. The van der Waals surface area contributed by atoms with E-state index >= 15 is 0 Å². The Kier molecular flexibility index (Phi) is 3.93. The number of hydrogen-bond acceptors (Lipinski definition) is 1. The van der Waals surface area contributed by atoms with Crippen LogP contribution >= 0.6 is 0 Å². The zero-order chi connectivity index (χ0) is 13.1. The highest BCUT2D eigenvalue weighted by Gasteiger charge is 2.29. The Labute approximate surface area is 117 Å². The molecule has 1 aromatic carbocycles. The van der Waals surface area contributed by atoms with E-state index in [0.29, 0.717) is 5.54 Å². The minimum absolute atomic E-state index is 0.364. The molecule has 104 valence electrons. The van der Waals surface area contributed by atoms with Crippen LogP contribution in [0.4, 0.5) is 0 Å². The van der Waals surface area contributed by atoms with Crippen LogP contribution in [0.25, 0.3) is 0 Å². The van der Waals surface area contributed by atoms with Gasteiger partial charge in [-0.25, -0.2) is 0 Å². The van der Waals surface area contributed by atoms with Crippen molar-refractivity contribution in [3.8, 4) is 0 Å². The second-order valence-corrected chi connectivity index (χ2v) is 6.50. The minimum atomic E-state index is 0.364. The Morgan fingerprint density at radius 2 is 1.95 bits per heavy atom. The highest BCUT2D eigenvalue weighted by atomic mass is 15.0. The van der Waals surface area contributed by atoms with Gasteiger partial charge in [-0.3, -0.25) is 0 Å². The standard InChI is InChI=1S/C18H27N/c1-2-18(11-4-3-5-12-19-18)14-15-9-10-16-7-6-8-17(16)13-15/h9-10,13,19H,2-8,11-12,14H2,1H3. The Morgan fingerprint density at radius 1 is 1.05 bits per heavy atom. The van der Waals surface area contributed by atoms with E-state index in [1.54, 1.807) is 16.7 Å². The van der Waals surface area contributed by atoms with Crippen LogP contribution in [0.15, 0.2) is 18.2 Å². The lowest BCUT2D eigenvalue weighted by Crippen LogP contribution is -2.46. The van der Waals surface area contributed by atoms with E-state index in [4.69, 9.17) is 0 Å². The first-order valence-corrected chi connectivity index (χ1v) is 8.17. The summed E-state index contributed by atoms with van der Waals surface area (Å²) in [6.45, 7) is 3.56. The molecule has 1 heterocycles. The third-order valence-electron chi connectivity index (χ3n) is 5.21. The van der Waals surface area contributed by atoms with Crippen LogP contribution < -0.4 is 5.32 Å². The zero-order valence-electron chi connectivity index (χ0n) is 12.3. The van der Waals surface area contributed by atoms with Gasteiger partial charge in [0.15, 0.2) is 0 Å². The Morgan fingerprint density at radius 3 is 2.84 bits per heavy atom. The molecule has 1 aliphatic heterocycles. The minimum Gasteiger partial charge on any atom is -0.311 e. The van der Waals surface area contributed by atoms with Crippen molar-refractivity contribution in [2.45, 2.75) is 70.3 Å². The molecular weight excluding hydrogens is 230 g/mol. The van der Waals surface area contributed by atoms with E-state index in [2.05, 4.69) is 30.4 Å². The van der Waals surface area contributed by atoms with Gasteiger partial charge in [0.05, 0.1) is 0 Å². The van der Waals surface area contributed by atoms with Crippen LogP contribution in [0.1, 0.15) is 62.1 Å². The molecule has 0 bridgehead atoms. The topological polar surface area (TPSA) is 12.0 Å².